The molecule has 2 heterocycles. The van der Waals surface area contributed by atoms with Crippen LogP contribution in [-0.4, -0.2) is 23.9 Å². The van der Waals surface area contributed by atoms with Gasteiger partial charge in [0.25, 0.3) is 5.56 Å². The smallest absolute Gasteiger partial charge is 0.257 e. The number of H-pyrrole nitrogens is 1. The zero-order valence-electron chi connectivity index (χ0n) is 14.8. The number of amides is 1. The Morgan fingerprint density at radius 2 is 1.93 bits per heavy atom. The normalized spacial score (nSPS) is 19.9. The minimum atomic E-state index is -0.294. The number of aromatic amines is 1. The molecule has 140 valence electrons. The molecule has 3 aromatic rings. The van der Waals surface area contributed by atoms with E-state index in [1.807, 2.05) is 30.3 Å². The molecule has 2 aliphatic rings. The molecular formula is C21H17N3O4. The maximum Gasteiger partial charge on any atom is 0.257 e. The zero-order chi connectivity index (χ0) is 19.1. The van der Waals surface area contributed by atoms with E-state index in [-0.39, 0.29) is 30.1 Å². The number of hydrazone groups is 1. The van der Waals surface area contributed by atoms with Crippen molar-refractivity contribution in [3.8, 4) is 11.5 Å². The van der Waals surface area contributed by atoms with Gasteiger partial charge in [-0.05, 0) is 30.0 Å². The lowest BCUT2D eigenvalue weighted by atomic mass is 10.1. The van der Waals surface area contributed by atoms with Crippen molar-refractivity contribution >= 4 is 23.0 Å². The van der Waals surface area contributed by atoms with Crippen LogP contribution in [0.4, 0.5) is 0 Å². The highest BCUT2D eigenvalue weighted by Crippen LogP contribution is 2.47. The Morgan fingerprint density at radius 3 is 2.75 bits per heavy atom. The van der Waals surface area contributed by atoms with Crippen molar-refractivity contribution in [2.45, 2.75) is 12.3 Å². The molecule has 1 aliphatic carbocycles. The fourth-order valence-electron chi connectivity index (χ4n) is 3.51. The van der Waals surface area contributed by atoms with E-state index in [1.54, 1.807) is 18.2 Å². The zero-order valence-corrected chi connectivity index (χ0v) is 14.8. The molecule has 5 rings (SSSR count). The second-order valence-corrected chi connectivity index (χ2v) is 6.94. The Bertz CT molecular complexity index is 1150. The summed E-state index contributed by atoms with van der Waals surface area (Å²) in [6, 6.07) is 15.2. The quantitative estimate of drug-likeness (QED) is 0.541. The van der Waals surface area contributed by atoms with Crippen molar-refractivity contribution in [1.29, 1.82) is 0 Å². The molecule has 1 saturated carbocycles. The van der Waals surface area contributed by atoms with E-state index in [0.29, 0.717) is 22.6 Å². The topological polar surface area (TPSA) is 92.8 Å². The van der Waals surface area contributed by atoms with Crippen LogP contribution in [0.5, 0.6) is 11.5 Å². The first-order valence-electron chi connectivity index (χ1n) is 9.03. The van der Waals surface area contributed by atoms with Gasteiger partial charge in [-0.15, -0.1) is 0 Å². The number of hydrogen-bond donors (Lipinski definition) is 2. The Balaban J connectivity index is 1.29. The van der Waals surface area contributed by atoms with Gasteiger partial charge in [0.1, 0.15) is 0 Å². The second-order valence-electron chi connectivity index (χ2n) is 6.94. The number of aromatic nitrogens is 1. The van der Waals surface area contributed by atoms with Crippen LogP contribution in [0, 0.1) is 5.92 Å². The lowest BCUT2D eigenvalue weighted by Crippen LogP contribution is -2.21. The molecule has 28 heavy (non-hydrogen) atoms. The molecule has 7 nitrogen and oxygen atoms in total. The summed E-state index contributed by atoms with van der Waals surface area (Å²) in [5.74, 6) is 1.27. The number of carbonyl (C=O) groups excluding carboxylic acids is 1. The van der Waals surface area contributed by atoms with Crippen molar-refractivity contribution in [2.24, 2.45) is 11.0 Å². The van der Waals surface area contributed by atoms with Crippen LogP contribution in [0.15, 0.2) is 58.4 Å². The highest BCUT2D eigenvalue weighted by molar-refractivity contribution is 5.90. The van der Waals surface area contributed by atoms with Crippen LogP contribution in [0.1, 0.15) is 23.5 Å². The summed E-state index contributed by atoms with van der Waals surface area (Å²) < 4.78 is 10.7. The van der Waals surface area contributed by atoms with Crippen LogP contribution < -0.4 is 20.5 Å². The van der Waals surface area contributed by atoms with E-state index < -0.39 is 0 Å². The number of benzene rings is 2. The number of nitrogens with one attached hydrogen (secondary N) is 2. The third kappa shape index (κ3) is 3.00. The summed E-state index contributed by atoms with van der Waals surface area (Å²) >= 11 is 0. The average molecular weight is 375 g/mol. The van der Waals surface area contributed by atoms with E-state index in [0.717, 1.165) is 17.4 Å². The molecule has 1 amide bonds. The summed E-state index contributed by atoms with van der Waals surface area (Å²) in [5, 5.41) is 4.76. The number of carbonyl (C=O) groups is 1. The van der Waals surface area contributed by atoms with Gasteiger partial charge in [0.15, 0.2) is 11.5 Å². The minimum Gasteiger partial charge on any atom is -0.454 e. The van der Waals surface area contributed by atoms with Gasteiger partial charge >= 0.3 is 0 Å². The summed E-state index contributed by atoms with van der Waals surface area (Å²) in [6.07, 6.45) is 2.18. The molecule has 0 saturated heterocycles. The monoisotopic (exact) mass is 375 g/mol. The van der Waals surface area contributed by atoms with E-state index in [9.17, 15) is 9.59 Å². The standard InChI is InChI=1S/C21H17N3O4/c25-20-14(6-13-7-18-19(28-11-27-18)9-17(13)23-20)10-22-24-21(26)16-8-15(16)12-4-2-1-3-5-12/h1-7,9-10,15-16H,8,11H2,(H,23,25)(H,24,26)/b22-10+/t15-,16+/m0/s1. The Labute approximate surface area is 160 Å². The molecule has 1 aromatic heterocycles. The fraction of sp³-hybridized carbons (Fsp3) is 0.190. The Kier molecular flexibility index (Phi) is 3.86. The van der Waals surface area contributed by atoms with Gasteiger partial charge in [-0.1, -0.05) is 30.3 Å². The van der Waals surface area contributed by atoms with Gasteiger partial charge < -0.3 is 14.5 Å². The molecule has 1 aliphatic heterocycles. The summed E-state index contributed by atoms with van der Waals surface area (Å²) in [4.78, 5) is 27.3. The molecule has 2 atom stereocenters. The Hall–Kier alpha value is -3.61. The first kappa shape index (κ1) is 16.6. The maximum absolute atomic E-state index is 12.3. The van der Waals surface area contributed by atoms with Crippen LogP contribution in [0.25, 0.3) is 10.9 Å². The minimum absolute atomic E-state index is 0.0748. The number of nitrogens with zero attached hydrogens (tertiary/aromatic N) is 1. The summed E-state index contributed by atoms with van der Waals surface area (Å²) in [7, 11) is 0. The molecule has 0 radical (unpaired) electrons. The van der Waals surface area contributed by atoms with E-state index in [4.69, 9.17) is 9.47 Å². The van der Waals surface area contributed by atoms with Crippen molar-refractivity contribution in [3.63, 3.8) is 0 Å². The average Bonchev–Trinajstić information content (AvgIpc) is 3.39. The van der Waals surface area contributed by atoms with E-state index in [2.05, 4.69) is 15.5 Å². The molecule has 0 spiro atoms. The van der Waals surface area contributed by atoms with E-state index >= 15 is 0 Å². The van der Waals surface area contributed by atoms with Crippen molar-refractivity contribution in [1.82, 2.24) is 10.4 Å². The molecular weight excluding hydrogens is 358 g/mol. The lowest BCUT2D eigenvalue weighted by Gasteiger charge is -2.02. The molecule has 0 bridgehead atoms. The first-order valence-corrected chi connectivity index (χ1v) is 9.03. The van der Waals surface area contributed by atoms with Crippen LogP contribution in [-0.2, 0) is 4.79 Å². The third-order valence-electron chi connectivity index (χ3n) is 5.10. The number of fused-ring (bicyclic) bond motifs is 2. The molecule has 2 aromatic carbocycles. The third-order valence-corrected chi connectivity index (χ3v) is 5.10. The van der Waals surface area contributed by atoms with Crippen molar-refractivity contribution in [2.75, 3.05) is 6.79 Å². The fourth-order valence-corrected chi connectivity index (χ4v) is 3.51. The van der Waals surface area contributed by atoms with Gasteiger partial charge in [0.05, 0.1) is 17.3 Å². The SMILES string of the molecule is O=C(N/N=C/c1cc2cc3c(cc2[nH]c1=O)OCO3)[C@@H]1C[C@H]1c1ccccc1. The van der Waals surface area contributed by atoms with Crippen LogP contribution in [0.2, 0.25) is 0 Å². The lowest BCUT2D eigenvalue weighted by molar-refractivity contribution is -0.122. The van der Waals surface area contributed by atoms with Gasteiger partial charge in [0.2, 0.25) is 12.7 Å². The highest BCUT2D eigenvalue weighted by atomic mass is 16.7. The molecule has 0 unspecified atom stereocenters. The predicted molar refractivity (Wildman–Crippen MR) is 104 cm³/mol. The van der Waals surface area contributed by atoms with Gasteiger partial charge in [-0.2, -0.15) is 5.10 Å². The molecule has 7 heteroatoms. The predicted octanol–water partition coefficient (Wildman–Crippen LogP) is 2.51. The molecule has 2 N–H and O–H groups in total. The van der Waals surface area contributed by atoms with Crippen molar-refractivity contribution < 1.29 is 14.3 Å². The summed E-state index contributed by atoms with van der Waals surface area (Å²) in [5.41, 5.74) is 4.41. The van der Waals surface area contributed by atoms with Gasteiger partial charge in [0, 0.05) is 17.4 Å². The number of pyridine rings is 1. The van der Waals surface area contributed by atoms with Crippen LogP contribution in [0.3, 0.4) is 0 Å². The second kappa shape index (κ2) is 6.53. The summed E-state index contributed by atoms with van der Waals surface area (Å²) in [6.45, 7) is 0.168. The van der Waals surface area contributed by atoms with Crippen molar-refractivity contribution in [3.05, 3.63) is 70.0 Å². The number of ether oxygens (including phenoxy) is 2. The number of hydrogen-bond acceptors (Lipinski definition) is 5. The first-order chi connectivity index (χ1) is 13.7. The Morgan fingerprint density at radius 1 is 1.14 bits per heavy atom. The molecule has 1 fully saturated rings. The maximum atomic E-state index is 12.3. The van der Waals surface area contributed by atoms with E-state index in [1.165, 1.54) is 6.21 Å². The van der Waals surface area contributed by atoms with Gasteiger partial charge in [-0.3, -0.25) is 9.59 Å². The van der Waals surface area contributed by atoms with Crippen LogP contribution >= 0.6 is 0 Å². The largest absolute Gasteiger partial charge is 0.454 e. The number of rotatable bonds is 4. The highest BCUT2D eigenvalue weighted by Gasteiger charge is 2.43. The van der Waals surface area contributed by atoms with Gasteiger partial charge in [-0.25, -0.2) is 5.43 Å².